The first-order valence-corrected chi connectivity index (χ1v) is 11.5. The van der Waals surface area contributed by atoms with E-state index in [1.165, 1.54) is 10.5 Å². The van der Waals surface area contributed by atoms with Crippen molar-refractivity contribution in [1.82, 2.24) is 14.2 Å². The number of aromatic nitrogens is 1. The van der Waals surface area contributed by atoms with E-state index in [4.69, 9.17) is 0 Å². The highest BCUT2D eigenvalue weighted by molar-refractivity contribution is 7.91. The van der Waals surface area contributed by atoms with Crippen LogP contribution in [0.25, 0.3) is 0 Å². The number of rotatable bonds is 5. The summed E-state index contributed by atoms with van der Waals surface area (Å²) in [5.41, 5.74) is 0.433. The van der Waals surface area contributed by atoms with Crippen LogP contribution in [0.5, 0.6) is 0 Å². The third-order valence-corrected chi connectivity index (χ3v) is 8.85. The molecule has 0 N–H and O–H groups in total. The molecule has 0 bridgehead atoms. The summed E-state index contributed by atoms with van der Waals surface area (Å²) in [6, 6.07) is 6.46. The molecule has 7 nitrogen and oxygen atoms in total. The largest absolute Gasteiger partial charge is 0.280 e. The summed E-state index contributed by atoms with van der Waals surface area (Å²) in [5.74, 6) is -0.844. The van der Waals surface area contributed by atoms with Crippen LogP contribution < -0.4 is 0 Å². The van der Waals surface area contributed by atoms with Gasteiger partial charge in [-0.1, -0.05) is 19.3 Å². The fourth-order valence-electron chi connectivity index (χ4n) is 3.78. The van der Waals surface area contributed by atoms with Crippen molar-refractivity contribution in [3.63, 3.8) is 0 Å². The number of nitrogens with zero attached hydrogens (tertiary/aromatic N) is 3. The third-order valence-electron chi connectivity index (χ3n) is 5.40. The number of imide groups is 1. The average Bonchev–Trinajstić information content (AvgIpc) is 3.28. The number of pyridine rings is 1. The highest BCUT2D eigenvalue weighted by atomic mass is 32.2. The monoisotopic (exact) mass is 419 g/mol. The van der Waals surface area contributed by atoms with E-state index >= 15 is 0 Å². The molecule has 1 saturated carbocycles. The molecule has 1 aliphatic heterocycles. The molecule has 0 saturated heterocycles. The summed E-state index contributed by atoms with van der Waals surface area (Å²) in [7, 11) is -1.94. The summed E-state index contributed by atoms with van der Waals surface area (Å²) in [4.78, 5) is 30.7. The molecule has 148 valence electrons. The van der Waals surface area contributed by atoms with Crippen LogP contribution in [0.2, 0.25) is 0 Å². The van der Waals surface area contributed by atoms with Crippen LogP contribution in [-0.2, 0) is 16.6 Å². The van der Waals surface area contributed by atoms with Gasteiger partial charge >= 0.3 is 0 Å². The molecule has 2 aliphatic rings. The van der Waals surface area contributed by atoms with E-state index in [1.807, 2.05) is 0 Å². The molecule has 2 aromatic rings. The maximum absolute atomic E-state index is 13.0. The van der Waals surface area contributed by atoms with Gasteiger partial charge < -0.3 is 0 Å². The summed E-state index contributed by atoms with van der Waals surface area (Å²) in [6.45, 7) is 0.0430. The van der Waals surface area contributed by atoms with Crippen LogP contribution in [0.4, 0.5) is 0 Å². The predicted molar refractivity (Wildman–Crippen MR) is 105 cm³/mol. The lowest BCUT2D eigenvalue weighted by molar-refractivity contribution is 0.0642. The molecule has 1 fully saturated rings. The zero-order valence-corrected chi connectivity index (χ0v) is 17.1. The lowest BCUT2D eigenvalue weighted by Gasteiger charge is -2.29. The van der Waals surface area contributed by atoms with Crippen molar-refractivity contribution in [2.45, 2.75) is 48.9 Å². The molecule has 0 atom stereocenters. The van der Waals surface area contributed by atoms with E-state index in [-0.39, 0.29) is 28.1 Å². The lowest BCUT2D eigenvalue weighted by atomic mass is 9.96. The number of carbonyl (C=O) groups excluding carboxylic acids is 2. The highest BCUT2D eigenvalue weighted by Gasteiger charge is 2.37. The molecule has 0 unspecified atom stereocenters. The Balaban J connectivity index is 1.52. The Morgan fingerprint density at radius 1 is 1.14 bits per heavy atom. The maximum Gasteiger partial charge on any atom is 0.280 e. The molecule has 0 aromatic carbocycles. The van der Waals surface area contributed by atoms with E-state index in [9.17, 15) is 18.0 Å². The smallest absolute Gasteiger partial charge is 0.268 e. The van der Waals surface area contributed by atoms with E-state index in [0.717, 1.165) is 48.3 Å². The van der Waals surface area contributed by atoms with Gasteiger partial charge in [0.1, 0.15) is 9.90 Å². The number of carbonyl (C=O) groups is 2. The minimum atomic E-state index is -3.58. The van der Waals surface area contributed by atoms with Crippen LogP contribution in [0, 0.1) is 0 Å². The Morgan fingerprint density at radius 2 is 1.89 bits per heavy atom. The van der Waals surface area contributed by atoms with E-state index in [1.54, 1.807) is 31.3 Å². The number of fused-ring (bicyclic) bond motifs is 1. The Labute approximate surface area is 168 Å². The Bertz CT molecular complexity index is 990. The van der Waals surface area contributed by atoms with Gasteiger partial charge in [-0.25, -0.2) is 8.42 Å². The van der Waals surface area contributed by atoms with Crippen LogP contribution in [-0.4, -0.2) is 47.5 Å². The van der Waals surface area contributed by atoms with Crippen LogP contribution in [0.1, 0.15) is 57.8 Å². The molecule has 1 aliphatic carbocycles. The SMILES string of the molecule is CN(C1CCCCC1)S(=O)(=O)c1ccc(CN2C(=O)c3cccnc3C2=O)s1. The first kappa shape index (κ1) is 19.2. The van der Waals surface area contributed by atoms with Crippen molar-refractivity contribution < 1.29 is 18.0 Å². The maximum atomic E-state index is 13.0. The van der Waals surface area contributed by atoms with Gasteiger partial charge in [-0.05, 0) is 37.1 Å². The minimum Gasteiger partial charge on any atom is -0.268 e. The number of sulfonamides is 1. The summed E-state index contributed by atoms with van der Waals surface area (Å²) in [5, 5.41) is 0. The minimum absolute atomic E-state index is 0.0339. The zero-order chi connectivity index (χ0) is 19.9. The van der Waals surface area contributed by atoms with Gasteiger partial charge in [-0.15, -0.1) is 11.3 Å². The van der Waals surface area contributed by atoms with E-state index in [2.05, 4.69) is 4.98 Å². The highest BCUT2D eigenvalue weighted by Crippen LogP contribution is 2.31. The summed E-state index contributed by atoms with van der Waals surface area (Å²) < 4.78 is 27.7. The topological polar surface area (TPSA) is 87.7 Å². The van der Waals surface area contributed by atoms with E-state index < -0.39 is 21.8 Å². The van der Waals surface area contributed by atoms with Gasteiger partial charge in [0, 0.05) is 24.2 Å². The van der Waals surface area contributed by atoms with Crippen molar-refractivity contribution in [2.75, 3.05) is 7.05 Å². The van der Waals surface area contributed by atoms with Gasteiger partial charge in [-0.2, -0.15) is 4.31 Å². The van der Waals surface area contributed by atoms with Crippen molar-refractivity contribution in [3.8, 4) is 0 Å². The number of amides is 2. The van der Waals surface area contributed by atoms with Gasteiger partial charge in [0.15, 0.2) is 0 Å². The molecule has 9 heteroatoms. The fourth-order valence-corrected chi connectivity index (χ4v) is 6.72. The number of hydrogen-bond donors (Lipinski definition) is 0. The summed E-state index contributed by atoms with van der Waals surface area (Å²) in [6.07, 6.45) is 6.50. The van der Waals surface area contributed by atoms with Crippen molar-refractivity contribution >= 4 is 33.2 Å². The van der Waals surface area contributed by atoms with Crippen LogP contribution in [0.15, 0.2) is 34.7 Å². The second kappa shape index (κ2) is 7.38. The van der Waals surface area contributed by atoms with Gasteiger partial charge in [0.2, 0.25) is 0 Å². The molecule has 28 heavy (non-hydrogen) atoms. The Hall–Kier alpha value is -2.10. The zero-order valence-electron chi connectivity index (χ0n) is 15.5. The molecular formula is C19H21N3O4S2. The number of thiophene rings is 1. The summed E-state index contributed by atoms with van der Waals surface area (Å²) >= 11 is 1.11. The number of hydrogen-bond acceptors (Lipinski definition) is 6. The average molecular weight is 420 g/mol. The second-order valence-electron chi connectivity index (χ2n) is 7.13. The molecular weight excluding hydrogens is 398 g/mol. The first-order chi connectivity index (χ1) is 13.4. The van der Waals surface area contributed by atoms with Gasteiger partial charge in [-0.3, -0.25) is 19.5 Å². The van der Waals surface area contributed by atoms with Crippen LogP contribution >= 0.6 is 11.3 Å². The van der Waals surface area contributed by atoms with E-state index in [0.29, 0.717) is 4.88 Å². The second-order valence-corrected chi connectivity index (χ2v) is 10.5. The van der Waals surface area contributed by atoms with Gasteiger partial charge in [0.05, 0.1) is 12.1 Å². The quantitative estimate of drug-likeness (QED) is 0.696. The molecule has 2 amide bonds. The van der Waals surface area contributed by atoms with Crippen molar-refractivity contribution in [3.05, 3.63) is 46.6 Å². The molecule has 2 aromatic heterocycles. The predicted octanol–water partition coefficient (Wildman–Crippen LogP) is 2.89. The van der Waals surface area contributed by atoms with Crippen LogP contribution in [0.3, 0.4) is 0 Å². The molecule has 0 radical (unpaired) electrons. The normalized spacial score (nSPS) is 18.1. The Morgan fingerprint density at radius 3 is 2.61 bits per heavy atom. The van der Waals surface area contributed by atoms with Crippen molar-refractivity contribution in [1.29, 1.82) is 0 Å². The molecule has 4 rings (SSSR count). The van der Waals surface area contributed by atoms with Gasteiger partial charge in [0.25, 0.3) is 21.8 Å². The third kappa shape index (κ3) is 3.27. The first-order valence-electron chi connectivity index (χ1n) is 9.27. The Kier molecular flexibility index (Phi) is 5.07. The van der Waals surface area contributed by atoms with Crippen molar-refractivity contribution in [2.24, 2.45) is 0 Å². The molecule has 0 spiro atoms. The molecule has 3 heterocycles. The lowest BCUT2D eigenvalue weighted by Crippen LogP contribution is -2.37. The fraction of sp³-hybridized carbons (Fsp3) is 0.421. The standard InChI is InChI=1S/C19H21N3O4S2/c1-21(13-6-3-2-4-7-13)28(25,26)16-10-9-14(27-16)12-22-18(23)15-8-5-11-20-17(15)19(22)24/h5,8-11,13H,2-4,6-7,12H2,1H3.